The van der Waals surface area contributed by atoms with E-state index in [0.29, 0.717) is 6.54 Å². The summed E-state index contributed by atoms with van der Waals surface area (Å²) in [4.78, 5) is 7.20. The Kier molecular flexibility index (Phi) is 7.03. The second-order valence-electron chi connectivity index (χ2n) is 7.00. The Labute approximate surface area is 185 Å². The molecule has 3 aromatic rings. The summed E-state index contributed by atoms with van der Waals surface area (Å²) in [6.07, 6.45) is 0.918. The summed E-state index contributed by atoms with van der Waals surface area (Å²) in [6, 6.07) is 12.2. The zero-order valence-electron chi connectivity index (χ0n) is 17.0. The molecule has 3 heterocycles. The standard InChI is InChI=1S/C21H26N6OS2/c1-2-20-25-26-21(30-20)29-14-17-11-18(27-6-8-28-9-7-27)12-19(24-17)23-13-15-4-3-5-16(22)10-15/h3-5,10-12H,2,6-9,13-14,22H2,1H3,(H,23,24). The van der Waals surface area contributed by atoms with Crippen LogP contribution in [-0.2, 0) is 23.5 Å². The largest absolute Gasteiger partial charge is 0.399 e. The highest BCUT2D eigenvalue weighted by Gasteiger charge is 2.14. The van der Waals surface area contributed by atoms with Crippen molar-refractivity contribution in [2.45, 2.75) is 30.0 Å². The molecule has 0 radical (unpaired) electrons. The molecule has 0 amide bonds. The van der Waals surface area contributed by atoms with Gasteiger partial charge in [0.2, 0.25) is 0 Å². The number of pyridine rings is 1. The van der Waals surface area contributed by atoms with Crippen molar-refractivity contribution in [2.75, 3.05) is 42.3 Å². The highest BCUT2D eigenvalue weighted by Crippen LogP contribution is 2.28. The van der Waals surface area contributed by atoms with Gasteiger partial charge in [-0.3, -0.25) is 0 Å². The molecule has 4 rings (SSSR count). The molecule has 3 N–H and O–H groups in total. The van der Waals surface area contributed by atoms with Crippen molar-refractivity contribution in [3.8, 4) is 0 Å². The zero-order valence-corrected chi connectivity index (χ0v) is 18.6. The van der Waals surface area contributed by atoms with Crippen molar-refractivity contribution >= 4 is 40.3 Å². The van der Waals surface area contributed by atoms with Crippen LogP contribution < -0.4 is 16.0 Å². The normalized spacial score (nSPS) is 14.1. The van der Waals surface area contributed by atoms with Crippen LogP contribution in [0.2, 0.25) is 0 Å². The maximum absolute atomic E-state index is 5.91. The maximum atomic E-state index is 5.91. The van der Waals surface area contributed by atoms with E-state index in [1.165, 1.54) is 5.69 Å². The topological polar surface area (TPSA) is 89.2 Å². The van der Waals surface area contributed by atoms with Gasteiger partial charge in [0, 0.05) is 42.8 Å². The Balaban J connectivity index is 1.50. The molecule has 0 bridgehead atoms. The van der Waals surface area contributed by atoms with Gasteiger partial charge in [0.25, 0.3) is 0 Å². The second kappa shape index (κ2) is 10.1. The number of hydrogen-bond acceptors (Lipinski definition) is 9. The molecule has 9 heteroatoms. The molecule has 2 aromatic heterocycles. The van der Waals surface area contributed by atoms with Crippen LogP contribution >= 0.6 is 23.1 Å². The summed E-state index contributed by atoms with van der Waals surface area (Å²) >= 11 is 3.34. The molecule has 1 fully saturated rings. The predicted molar refractivity (Wildman–Crippen MR) is 124 cm³/mol. The van der Waals surface area contributed by atoms with E-state index in [0.717, 1.165) is 70.6 Å². The lowest BCUT2D eigenvalue weighted by molar-refractivity contribution is 0.122. The first-order valence-electron chi connectivity index (χ1n) is 10.1. The molecule has 0 atom stereocenters. The zero-order chi connectivity index (χ0) is 20.8. The van der Waals surface area contributed by atoms with Crippen LogP contribution in [0.15, 0.2) is 40.7 Å². The predicted octanol–water partition coefficient (Wildman–Crippen LogP) is 3.82. The molecule has 1 aliphatic rings. The monoisotopic (exact) mass is 442 g/mol. The number of thioether (sulfide) groups is 1. The number of ether oxygens (including phenoxy) is 1. The van der Waals surface area contributed by atoms with Crippen molar-refractivity contribution < 1.29 is 4.74 Å². The number of aromatic nitrogens is 3. The van der Waals surface area contributed by atoms with Crippen LogP contribution in [-0.4, -0.2) is 41.5 Å². The van der Waals surface area contributed by atoms with Crippen LogP contribution in [0, 0.1) is 0 Å². The molecule has 0 spiro atoms. The number of benzene rings is 1. The van der Waals surface area contributed by atoms with Crippen molar-refractivity contribution in [3.05, 3.63) is 52.7 Å². The van der Waals surface area contributed by atoms with Crippen LogP contribution in [0.5, 0.6) is 0 Å². The van der Waals surface area contributed by atoms with Gasteiger partial charge in [0.15, 0.2) is 4.34 Å². The molecule has 0 aliphatic carbocycles. The third-order valence-corrected chi connectivity index (χ3v) is 6.99. The minimum atomic E-state index is 0.674. The fraction of sp³-hybridized carbons (Fsp3) is 0.381. The third kappa shape index (κ3) is 5.62. The Bertz CT molecular complexity index is 974. The summed E-state index contributed by atoms with van der Waals surface area (Å²) in [5.41, 5.74) is 10.00. The number of nitrogens with zero attached hydrogens (tertiary/aromatic N) is 4. The molecule has 1 saturated heterocycles. The van der Waals surface area contributed by atoms with Crippen LogP contribution in [0.1, 0.15) is 23.2 Å². The molecule has 30 heavy (non-hydrogen) atoms. The number of nitrogens with two attached hydrogens (primary N) is 1. The van der Waals surface area contributed by atoms with Gasteiger partial charge in [-0.2, -0.15) is 0 Å². The second-order valence-corrected chi connectivity index (χ2v) is 9.29. The van der Waals surface area contributed by atoms with E-state index in [2.05, 4.69) is 45.5 Å². The van der Waals surface area contributed by atoms with Gasteiger partial charge in [-0.05, 0) is 30.2 Å². The smallest absolute Gasteiger partial charge is 0.174 e. The number of nitrogens with one attached hydrogen (secondary N) is 1. The third-order valence-electron chi connectivity index (χ3n) is 4.76. The first-order chi connectivity index (χ1) is 14.7. The van der Waals surface area contributed by atoms with Crippen LogP contribution in [0.3, 0.4) is 0 Å². The van der Waals surface area contributed by atoms with Crippen molar-refractivity contribution in [1.82, 2.24) is 15.2 Å². The minimum Gasteiger partial charge on any atom is -0.399 e. The van der Waals surface area contributed by atoms with Crippen LogP contribution in [0.4, 0.5) is 17.2 Å². The number of rotatable bonds is 8. The average Bonchev–Trinajstić information content (AvgIpc) is 3.25. The van der Waals surface area contributed by atoms with Gasteiger partial charge in [-0.15, -0.1) is 10.2 Å². The number of hydrogen-bond donors (Lipinski definition) is 2. The first kappa shape index (κ1) is 20.9. The molecular formula is C21H26N6OS2. The van der Waals surface area contributed by atoms with E-state index in [9.17, 15) is 0 Å². The van der Waals surface area contributed by atoms with Gasteiger partial charge >= 0.3 is 0 Å². The number of morpholine rings is 1. The maximum Gasteiger partial charge on any atom is 0.174 e. The summed E-state index contributed by atoms with van der Waals surface area (Å²) < 4.78 is 6.50. The van der Waals surface area contributed by atoms with Crippen molar-refractivity contribution in [2.24, 2.45) is 0 Å². The molecule has 7 nitrogen and oxygen atoms in total. The van der Waals surface area contributed by atoms with Gasteiger partial charge in [-0.1, -0.05) is 42.2 Å². The summed E-state index contributed by atoms with van der Waals surface area (Å²) in [6.45, 7) is 6.06. The van der Waals surface area contributed by atoms with E-state index in [1.54, 1.807) is 23.1 Å². The summed E-state index contributed by atoms with van der Waals surface area (Å²) in [7, 11) is 0. The fourth-order valence-corrected chi connectivity index (χ4v) is 4.94. The molecule has 1 aliphatic heterocycles. The van der Waals surface area contributed by atoms with Crippen molar-refractivity contribution in [1.29, 1.82) is 0 Å². The van der Waals surface area contributed by atoms with Gasteiger partial charge in [-0.25, -0.2) is 4.98 Å². The fourth-order valence-electron chi connectivity index (χ4n) is 3.21. The Morgan fingerprint density at radius 1 is 1.20 bits per heavy atom. The van der Waals surface area contributed by atoms with E-state index >= 15 is 0 Å². The SMILES string of the molecule is CCc1nnc(SCc2cc(N3CCOCC3)cc(NCc3cccc(N)c3)n2)s1. The van der Waals surface area contributed by atoms with Crippen molar-refractivity contribution in [3.63, 3.8) is 0 Å². The lowest BCUT2D eigenvalue weighted by atomic mass is 10.2. The van der Waals surface area contributed by atoms with E-state index in [-0.39, 0.29) is 0 Å². The lowest BCUT2D eigenvalue weighted by Crippen LogP contribution is -2.36. The summed E-state index contributed by atoms with van der Waals surface area (Å²) in [5, 5.41) is 13.0. The molecule has 0 unspecified atom stereocenters. The van der Waals surface area contributed by atoms with E-state index < -0.39 is 0 Å². The van der Waals surface area contributed by atoms with E-state index in [1.807, 2.05) is 18.2 Å². The Morgan fingerprint density at radius 3 is 2.83 bits per heavy atom. The highest BCUT2D eigenvalue weighted by atomic mass is 32.2. The van der Waals surface area contributed by atoms with Gasteiger partial charge in [0.1, 0.15) is 10.8 Å². The average molecular weight is 443 g/mol. The Hall–Kier alpha value is -2.36. The summed E-state index contributed by atoms with van der Waals surface area (Å²) in [5.74, 6) is 1.62. The molecular weight excluding hydrogens is 416 g/mol. The number of aryl methyl sites for hydroxylation is 1. The highest BCUT2D eigenvalue weighted by molar-refractivity contribution is 8.00. The first-order valence-corrected chi connectivity index (χ1v) is 11.9. The van der Waals surface area contributed by atoms with Gasteiger partial charge in [0.05, 0.1) is 18.9 Å². The number of nitrogen functional groups attached to an aromatic ring is 1. The molecule has 158 valence electrons. The minimum absolute atomic E-state index is 0.674. The van der Waals surface area contributed by atoms with E-state index in [4.69, 9.17) is 15.5 Å². The van der Waals surface area contributed by atoms with Gasteiger partial charge < -0.3 is 20.7 Å². The van der Waals surface area contributed by atoms with Crippen LogP contribution in [0.25, 0.3) is 0 Å². The Morgan fingerprint density at radius 2 is 2.07 bits per heavy atom. The quantitative estimate of drug-likeness (QED) is 0.402. The molecule has 1 aromatic carbocycles. The molecule has 0 saturated carbocycles. The lowest BCUT2D eigenvalue weighted by Gasteiger charge is -2.29. The number of anilines is 3.